The number of nitrogens with zero attached hydrogens (tertiary/aromatic N) is 2. The number of carbonyl (C=O) groups is 3. The van der Waals surface area contributed by atoms with E-state index >= 15 is 0 Å². The lowest BCUT2D eigenvalue weighted by Crippen LogP contribution is -2.37. The van der Waals surface area contributed by atoms with Gasteiger partial charge in [-0.3, -0.25) is 14.4 Å². The van der Waals surface area contributed by atoms with Crippen LogP contribution in [0.1, 0.15) is 28.2 Å². The van der Waals surface area contributed by atoms with E-state index in [-0.39, 0.29) is 31.3 Å². The maximum atomic E-state index is 12.5. The average molecular weight is 413 g/mol. The van der Waals surface area contributed by atoms with Gasteiger partial charge in [-0.15, -0.1) is 18.3 Å². The molecule has 2 heterocycles. The van der Waals surface area contributed by atoms with E-state index < -0.39 is 5.97 Å². The number of fused-ring (bicyclic) bond motifs is 1. The quantitative estimate of drug-likeness (QED) is 0.377. The van der Waals surface area contributed by atoms with Crippen LogP contribution >= 0.6 is 11.8 Å². The maximum absolute atomic E-state index is 12.5. The zero-order valence-corrected chi connectivity index (χ0v) is 17.5. The lowest BCUT2D eigenvalue weighted by atomic mass is 10.1. The Morgan fingerprint density at radius 1 is 1.28 bits per heavy atom. The van der Waals surface area contributed by atoms with Crippen LogP contribution in [-0.2, 0) is 20.9 Å². The van der Waals surface area contributed by atoms with E-state index in [2.05, 4.69) is 6.58 Å². The van der Waals surface area contributed by atoms with Crippen molar-refractivity contribution in [2.45, 2.75) is 31.7 Å². The highest BCUT2D eigenvalue weighted by Gasteiger charge is 2.25. The Hall–Kier alpha value is -2.80. The number of ether oxygens (including phenoxy) is 1. The summed E-state index contributed by atoms with van der Waals surface area (Å²) in [5.41, 5.74) is 3.15. The monoisotopic (exact) mass is 412 g/mol. The van der Waals surface area contributed by atoms with E-state index in [1.54, 1.807) is 17.0 Å². The molecule has 0 spiro atoms. The van der Waals surface area contributed by atoms with Crippen molar-refractivity contribution >= 4 is 35.1 Å². The second-order valence-electron chi connectivity index (χ2n) is 6.82. The summed E-state index contributed by atoms with van der Waals surface area (Å²) >= 11 is 1.49. The van der Waals surface area contributed by atoms with Crippen LogP contribution in [0.15, 0.2) is 47.9 Å². The smallest absolute Gasteiger partial charge is 0.308 e. The van der Waals surface area contributed by atoms with E-state index in [1.165, 1.54) is 11.8 Å². The van der Waals surface area contributed by atoms with E-state index in [1.807, 2.05) is 42.7 Å². The van der Waals surface area contributed by atoms with Gasteiger partial charge >= 0.3 is 5.97 Å². The van der Waals surface area contributed by atoms with Crippen LogP contribution < -0.4 is 4.90 Å². The Balaban J connectivity index is 1.56. The number of amides is 1. The largest absolute Gasteiger partial charge is 0.457 e. The van der Waals surface area contributed by atoms with Crippen molar-refractivity contribution in [1.82, 2.24) is 4.57 Å². The zero-order chi connectivity index (χ0) is 21.0. The highest BCUT2D eigenvalue weighted by molar-refractivity contribution is 8.00. The van der Waals surface area contributed by atoms with Crippen LogP contribution in [-0.4, -0.2) is 41.1 Å². The molecule has 0 atom stereocenters. The van der Waals surface area contributed by atoms with Gasteiger partial charge in [0.1, 0.15) is 0 Å². The normalized spacial score (nSPS) is 13.2. The van der Waals surface area contributed by atoms with E-state index in [9.17, 15) is 14.4 Å². The fourth-order valence-electron chi connectivity index (χ4n) is 3.39. The first-order valence-corrected chi connectivity index (χ1v) is 10.4. The molecule has 0 aliphatic carbocycles. The van der Waals surface area contributed by atoms with Gasteiger partial charge in [-0.2, -0.15) is 0 Å². The average Bonchev–Trinajstić information content (AvgIpc) is 3.00. The molecule has 1 amide bonds. The molecule has 1 aliphatic rings. The number of esters is 1. The summed E-state index contributed by atoms with van der Waals surface area (Å²) in [6, 6.07) is 9.42. The number of hydrogen-bond donors (Lipinski definition) is 0. The fourth-order valence-corrected chi connectivity index (χ4v) is 4.33. The van der Waals surface area contributed by atoms with Gasteiger partial charge in [-0.25, -0.2) is 0 Å². The summed E-state index contributed by atoms with van der Waals surface area (Å²) in [6.07, 6.45) is 1.81. The maximum Gasteiger partial charge on any atom is 0.308 e. The van der Waals surface area contributed by atoms with Crippen LogP contribution in [0.3, 0.4) is 0 Å². The van der Waals surface area contributed by atoms with Gasteiger partial charge in [0.05, 0.1) is 17.9 Å². The molecule has 0 saturated carbocycles. The number of allylic oxidation sites excluding steroid dienone is 1. The minimum absolute atomic E-state index is 0.0350. The number of aryl methyl sites for hydroxylation is 1. The minimum atomic E-state index is -0.498. The lowest BCUT2D eigenvalue weighted by molar-refractivity contribution is -0.142. The van der Waals surface area contributed by atoms with Gasteiger partial charge < -0.3 is 14.2 Å². The third-order valence-corrected chi connectivity index (χ3v) is 5.95. The SMILES string of the molecule is C=CCn1c(C)cc(C(=O)COC(=O)CCN2C(=O)CSc3ccccc32)c1C. The van der Waals surface area contributed by atoms with Gasteiger partial charge in [0.15, 0.2) is 6.61 Å². The van der Waals surface area contributed by atoms with Crippen molar-refractivity contribution in [3.8, 4) is 0 Å². The van der Waals surface area contributed by atoms with Gasteiger partial charge in [-0.05, 0) is 32.0 Å². The summed E-state index contributed by atoms with van der Waals surface area (Å²) in [6.45, 7) is 8.06. The molecule has 1 aliphatic heterocycles. The Bertz CT molecular complexity index is 964. The molecule has 0 saturated heterocycles. The van der Waals surface area contributed by atoms with Gasteiger partial charge in [0.25, 0.3) is 0 Å². The second-order valence-corrected chi connectivity index (χ2v) is 7.84. The molecule has 0 N–H and O–H groups in total. The van der Waals surface area contributed by atoms with Crippen molar-refractivity contribution in [2.75, 3.05) is 23.8 Å². The summed E-state index contributed by atoms with van der Waals surface area (Å²) in [7, 11) is 0. The van der Waals surface area contributed by atoms with Crippen molar-refractivity contribution in [1.29, 1.82) is 0 Å². The number of ketones is 1. The van der Waals surface area contributed by atoms with Gasteiger partial charge in [-0.1, -0.05) is 18.2 Å². The predicted molar refractivity (Wildman–Crippen MR) is 114 cm³/mol. The fraction of sp³-hybridized carbons (Fsp3) is 0.318. The Kier molecular flexibility index (Phi) is 6.59. The second kappa shape index (κ2) is 9.13. The number of Topliss-reactive ketones (excluding diaryl/α,β-unsaturated/α-hetero) is 1. The molecule has 6 nitrogen and oxygen atoms in total. The number of benzene rings is 1. The molecule has 152 valence electrons. The molecule has 0 radical (unpaired) electrons. The van der Waals surface area contributed by atoms with Crippen LogP contribution in [0.25, 0.3) is 0 Å². The predicted octanol–water partition coefficient (Wildman–Crippen LogP) is 3.55. The molecule has 29 heavy (non-hydrogen) atoms. The molecule has 0 bridgehead atoms. The number of rotatable bonds is 8. The molecule has 1 aromatic carbocycles. The molecular weight excluding hydrogens is 388 g/mol. The van der Waals surface area contributed by atoms with Gasteiger partial charge in [0, 0.05) is 34.9 Å². The summed E-state index contributed by atoms with van der Waals surface area (Å²) in [5.74, 6) is -0.420. The molecule has 0 unspecified atom stereocenters. The molecule has 7 heteroatoms. The number of aromatic nitrogens is 1. The molecule has 1 aromatic heterocycles. The van der Waals surface area contributed by atoms with E-state index in [0.717, 1.165) is 22.0 Å². The number of para-hydroxylation sites is 1. The third-order valence-electron chi connectivity index (χ3n) is 4.90. The molecule has 0 fully saturated rings. The van der Waals surface area contributed by atoms with E-state index in [4.69, 9.17) is 4.74 Å². The van der Waals surface area contributed by atoms with Crippen molar-refractivity contribution in [3.05, 3.63) is 59.9 Å². The van der Waals surface area contributed by atoms with Crippen LogP contribution in [0.2, 0.25) is 0 Å². The summed E-state index contributed by atoms with van der Waals surface area (Å²) in [5, 5.41) is 0. The van der Waals surface area contributed by atoms with Crippen LogP contribution in [0.5, 0.6) is 0 Å². The van der Waals surface area contributed by atoms with Crippen molar-refractivity contribution < 1.29 is 19.1 Å². The molecular formula is C22H24N2O4S. The topological polar surface area (TPSA) is 68.6 Å². The minimum Gasteiger partial charge on any atom is -0.457 e. The first-order chi connectivity index (χ1) is 13.9. The first kappa shape index (κ1) is 20.9. The zero-order valence-electron chi connectivity index (χ0n) is 16.6. The van der Waals surface area contributed by atoms with Crippen molar-refractivity contribution in [3.63, 3.8) is 0 Å². The van der Waals surface area contributed by atoms with Crippen LogP contribution in [0.4, 0.5) is 5.69 Å². The van der Waals surface area contributed by atoms with Gasteiger partial charge in [0.2, 0.25) is 11.7 Å². The summed E-state index contributed by atoms with van der Waals surface area (Å²) < 4.78 is 7.16. The van der Waals surface area contributed by atoms with Crippen molar-refractivity contribution in [2.24, 2.45) is 0 Å². The standard InChI is InChI=1S/C22H24N2O4S/c1-4-10-23-15(2)12-17(16(23)3)19(25)13-28-22(27)9-11-24-18-7-5-6-8-20(18)29-14-21(24)26/h4-8,12H,1,9-11,13-14H2,2-3H3. The highest BCUT2D eigenvalue weighted by Crippen LogP contribution is 2.34. The Morgan fingerprint density at radius 3 is 2.79 bits per heavy atom. The highest BCUT2D eigenvalue weighted by atomic mass is 32.2. The van der Waals surface area contributed by atoms with E-state index in [0.29, 0.717) is 17.9 Å². The number of anilines is 1. The lowest BCUT2D eigenvalue weighted by Gasteiger charge is -2.28. The Morgan fingerprint density at radius 2 is 2.03 bits per heavy atom. The molecule has 2 aromatic rings. The Labute approximate surface area is 174 Å². The van der Waals surface area contributed by atoms with Crippen LogP contribution in [0, 0.1) is 13.8 Å². The summed E-state index contributed by atoms with van der Waals surface area (Å²) in [4.78, 5) is 39.5. The number of hydrogen-bond acceptors (Lipinski definition) is 5. The third kappa shape index (κ3) is 4.62. The number of carbonyl (C=O) groups excluding carboxylic acids is 3. The first-order valence-electron chi connectivity index (χ1n) is 9.41. The number of thioether (sulfide) groups is 1. The molecule has 3 rings (SSSR count).